The fourth-order valence-corrected chi connectivity index (χ4v) is 5.94. The number of allylic oxidation sites excluding steroid dienone is 2. The summed E-state index contributed by atoms with van der Waals surface area (Å²) in [5.41, 5.74) is 3.64. The molecule has 0 radical (unpaired) electrons. The lowest BCUT2D eigenvalue weighted by Gasteiger charge is -2.34. The number of nitrogens with zero attached hydrogens (tertiary/aromatic N) is 1. The Hall–Kier alpha value is -3.84. The van der Waals surface area contributed by atoms with Crippen LogP contribution in [0.25, 0.3) is 5.69 Å². The number of ether oxygens (including phenoxy) is 1. The molecular weight excluding hydrogens is 446 g/mol. The Labute approximate surface area is 200 Å². The summed E-state index contributed by atoms with van der Waals surface area (Å²) >= 11 is 1.68. The van der Waals surface area contributed by atoms with Gasteiger partial charge in [0.2, 0.25) is 0 Å². The van der Waals surface area contributed by atoms with Gasteiger partial charge in [-0.2, -0.15) is 0 Å². The summed E-state index contributed by atoms with van der Waals surface area (Å²) in [6.45, 7) is 0. The van der Waals surface area contributed by atoms with Gasteiger partial charge < -0.3 is 10.1 Å². The normalized spacial score (nSPS) is 19.4. The molecule has 0 bridgehead atoms. The second kappa shape index (κ2) is 8.18. The number of ketones is 1. The molecule has 2 aliphatic rings. The molecule has 3 heterocycles. The van der Waals surface area contributed by atoms with Crippen LogP contribution in [0.1, 0.15) is 40.7 Å². The highest BCUT2D eigenvalue weighted by Crippen LogP contribution is 2.47. The van der Waals surface area contributed by atoms with Gasteiger partial charge in [-0.05, 0) is 47.7 Å². The van der Waals surface area contributed by atoms with Crippen molar-refractivity contribution in [3.8, 4) is 11.4 Å². The lowest BCUT2D eigenvalue weighted by atomic mass is 9.74. The molecular formula is C27H23N3O3S. The summed E-state index contributed by atoms with van der Waals surface area (Å²) in [5.74, 6) is 1.16. The largest absolute Gasteiger partial charge is 0.497 e. The van der Waals surface area contributed by atoms with Gasteiger partial charge in [-0.15, -0.1) is 11.3 Å². The number of para-hydroxylation sites is 1. The number of aromatic nitrogens is 2. The van der Waals surface area contributed by atoms with Crippen molar-refractivity contribution in [1.82, 2.24) is 9.78 Å². The first kappa shape index (κ1) is 20.7. The van der Waals surface area contributed by atoms with E-state index in [0.717, 1.165) is 29.1 Å². The van der Waals surface area contributed by atoms with Crippen LogP contribution in [0.4, 0.5) is 5.82 Å². The van der Waals surface area contributed by atoms with Gasteiger partial charge in [-0.25, -0.2) is 4.68 Å². The monoisotopic (exact) mass is 469 g/mol. The smallest absolute Gasteiger partial charge is 0.277 e. The van der Waals surface area contributed by atoms with Crippen LogP contribution < -0.4 is 15.6 Å². The summed E-state index contributed by atoms with van der Waals surface area (Å²) in [6, 6.07) is 21.2. The molecule has 0 saturated carbocycles. The van der Waals surface area contributed by atoms with Gasteiger partial charge in [0.15, 0.2) is 5.78 Å². The highest BCUT2D eigenvalue weighted by atomic mass is 32.1. The SMILES string of the molecule is COc1ccc(C2C3=C(CC(c4cccs4)CC3=O)Nc3[nH]n(-c4ccccc4)c(=O)c32)cc1. The van der Waals surface area contributed by atoms with E-state index in [0.29, 0.717) is 23.4 Å². The van der Waals surface area contributed by atoms with Crippen LogP contribution in [0.5, 0.6) is 5.75 Å². The quantitative estimate of drug-likeness (QED) is 0.431. The second-order valence-electron chi connectivity index (χ2n) is 8.64. The molecule has 2 unspecified atom stereocenters. The third-order valence-electron chi connectivity index (χ3n) is 6.70. The first-order chi connectivity index (χ1) is 16.6. The Balaban J connectivity index is 1.52. The average molecular weight is 470 g/mol. The molecule has 170 valence electrons. The zero-order valence-electron chi connectivity index (χ0n) is 18.6. The van der Waals surface area contributed by atoms with Crippen LogP contribution in [0.15, 0.2) is 88.2 Å². The molecule has 4 aromatic rings. The zero-order chi connectivity index (χ0) is 23.2. The number of Topliss-reactive ketones (excluding diaryl/α,β-unsaturated/α-hetero) is 1. The van der Waals surface area contributed by atoms with E-state index in [1.165, 1.54) is 4.88 Å². The Morgan fingerprint density at radius 2 is 1.76 bits per heavy atom. The van der Waals surface area contributed by atoms with Crippen LogP contribution >= 0.6 is 11.3 Å². The Kier molecular flexibility index (Phi) is 4.99. The van der Waals surface area contributed by atoms with Crippen molar-refractivity contribution < 1.29 is 9.53 Å². The van der Waals surface area contributed by atoms with Crippen molar-refractivity contribution in [2.75, 3.05) is 12.4 Å². The molecule has 6 nitrogen and oxygen atoms in total. The summed E-state index contributed by atoms with van der Waals surface area (Å²) in [6.07, 6.45) is 1.17. The molecule has 7 heteroatoms. The van der Waals surface area contributed by atoms with Crippen LogP contribution in [-0.2, 0) is 4.79 Å². The van der Waals surface area contributed by atoms with Crippen LogP contribution in [0, 0.1) is 0 Å². The molecule has 0 fully saturated rings. The van der Waals surface area contributed by atoms with Crippen molar-refractivity contribution >= 4 is 22.9 Å². The van der Waals surface area contributed by atoms with E-state index in [-0.39, 0.29) is 17.3 Å². The highest BCUT2D eigenvalue weighted by molar-refractivity contribution is 7.10. The van der Waals surface area contributed by atoms with E-state index in [9.17, 15) is 9.59 Å². The summed E-state index contributed by atoms with van der Waals surface area (Å²) in [4.78, 5) is 28.5. The third kappa shape index (κ3) is 3.31. The Bertz CT molecular complexity index is 1450. The van der Waals surface area contributed by atoms with E-state index < -0.39 is 5.92 Å². The fraction of sp³-hybridized carbons (Fsp3) is 0.185. The maximum Gasteiger partial charge on any atom is 0.277 e. The highest BCUT2D eigenvalue weighted by Gasteiger charge is 2.41. The number of hydrogen-bond acceptors (Lipinski definition) is 5. The van der Waals surface area contributed by atoms with Gasteiger partial charge in [-0.1, -0.05) is 36.4 Å². The number of rotatable bonds is 4. The lowest BCUT2D eigenvalue weighted by Crippen LogP contribution is -2.31. The summed E-state index contributed by atoms with van der Waals surface area (Å²) in [7, 11) is 1.62. The van der Waals surface area contributed by atoms with E-state index in [1.54, 1.807) is 23.1 Å². The number of fused-ring (bicyclic) bond motifs is 1. The van der Waals surface area contributed by atoms with Gasteiger partial charge in [-0.3, -0.25) is 14.7 Å². The number of carbonyl (C=O) groups is 1. The van der Waals surface area contributed by atoms with Gasteiger partial charge in [0.1, 0.15) is 11.6 Å². The molecule has 2 N–H and O–H groups in total. The van der Waals surface area contributed by atoms with E-state index in [2.05, 4.69) is 16.5 Å². The number of H-pyrrole nitrogens is 1. The van der Waals surface area contributed by atoms with E-state index in [4.69, 9.17) is 4.74 Å². The van der Waals surface area contributed by atoms with Crippen molar-refractivity contribution in [2.24, 2.45) is 0 Å². The summed E-state index contributed by atoms with van der Waals surface area (Å²) < 4.78 is 6.88. The van der Waals surface area contributed by atoms with E-state index in [1.807, 2.05) is 66.0 Å². The van der Waals surface area contributed by atoms with Crippen molar-refractivity contribution in [2.45, 2.75) is 24.7 Å². The number of anilines is 1. The molecule has 6 rings (SSSR count). The van der Waals surface area contributed by atoms with Gasteiger partial charge >= 0.3 is 0 Å². The number of hydrogen-bond donors (Lipinski definition) is 2. The summed E-state index contributed by atoms with van der Waals surface area (Å²) in [5, 5.41) is 8.75. The minimum atomic E-state index is -0.442. The Morgan fingerprint density at radius 3 is 2.47 bits per heavy atom. The molecule has 1 aliphatic heterocycles. The third-order valence-corrected chi connectivity index (χ3v) is 7.73. The van der Waals surface area contributed by atoms with Crippen molar-refractivity contribution in [3.05, 3.63) is 110 Å². The average Bonchev–Trinajstić information content (AvgIpc) is 3.52. The van der Waals surface area contributed by atoms with Crippen LogP contribution in [-0.4, -0.2) is 22.7 Å². The number of benzene rings is 2. The molecule has 2 aromatic heterocycles. The fourth-order valence-electron chi connectivity index (χ4n) is 5.11. The molecule has 2 aromatic carbocycles. The topological polar surface area (TPSA) is 76.1 Å². The van der Waals surface area contributed by atoms with Crippen molar-refractivity contribution in [1.29, 1.82) is 0 Å². The maximum absolute atomic E-state index is 13.7. The number of methoxy groups -OCH3 is 1. The number of thiophene rings is 1. The standard InChI is InChI=1S/C27H23N3O3S/c1-33-19-11-9-16(10-12-19)23-24-20(14-17(15-21(24)31)22-8-5-13-34-22)28-26-25(23)27(32)30(29-26)18-6-3-2-4-7-18/h2-13,17,23,28-29H,14-15H2,1H3. The first-order valence-electron chi connectivity index (χ1n) is 11.2. The molecule has 0 saturated heterocycles. The number of aromatic amines is 1. The molecule has 0 amide bonds. The first-order valence-corrected chi connectivity index (χ1v) is 12.1. The second-order valence-corrected chi connectivity index (χ2v) is 9.62. The number of carbonyl (C=O) groups excluding carboxylic acids is 1. The number of nitrogens with one attached hydrogen (secondary N) is 2. The van der Waals surface area contributed by atoms with Crippen LogP contribution in [0.3, 0.4) is 0 Å². The maximum atomic E-state index is 13.7. The van der Waals surface area contributed by atoms with Crippen LogP contribution in [0.2, 0.25) is 0 Å². The molecule has 1 aliphatic carbocycles. The minimum Gasteiger partial charge on any atom is -0.497 e. The lowest BCUT2D eigenvalue weighted by molar-refractivity contribution is -0.116. The molecule has 0 spiro atoms. The van der Waals surface area contributed by atoms with E-state index >= 15 is 0 Å². The van der Waals surface area contributed by atoms with Crippen molar-refractivity contribution in [3.63, 3.8) is 0 Å². The Morgan fingerprint density at radius 1 is 0.971 bits per heavy atom. The predicted octanol–water partition coefficient (Wildman–Crippen LogP) is 5.19. The minimum absolute atomic E-state index is 0.0884. The van der Waals surface area contributed by atoms with Gasteiger partial charge in [0.25, 0.3) is 5.56 Å². The molecule has 2 atom stereocenters. The van der Waals surface area contributed by atoms with Gasteiger partial charge in [0.05, 0.1) is 18.4 Å². The predicted molar refractivity (Wildman–Crippen MR) is 133 cm³/mol. The van der Waals surface area contributed by atoms with Gasteiger partial charge in [0, 0.05) is 34.4 Å². The zero-order valence-corrected chi connectivity index (χ0v) is 19.4. The molecule has 34 heavy (non-hydrogen) atoms.